The van der Waals surface area contributed by atoms with E-state index in [1.807, 2.05) is 12.1 Å². The van der Waals surface area contributed by atoms with Gasteiger partial charge in [0.15, 0.2) is 0 Å². The minimum Gasteiger partial charge on any atom is -0.508 e. The van der Waals surface area contributed by atoms with Gasteiger partial charge in [0.05, 0.1) is 0 Å². The Morgan fingerprint density at radius 3 is 2.82 bits per heavy atom. The van der Waals surface area contributed by atoms with E-state index in [1.54, 1.807) is 6.07 Å². The second kappa shape index (κ2) is 6.43. The van der Waals surface area contributed by atoms with Gasteiger partial charge in [-0.25, -0.2) is 0 Å². The highest BCUT2D eigenvalue weighted by Crippen LogP contribution is 2.37. The van der Waals surface area contributed by atoms with Crippen molar-refractivity contribution in [2.24, 2.45) is 0 Å². The maximum atomic E-state index is 9.98. The number of rotatable bonds is 5. The largest absolute Gasteiger partial charge is 0.508 e. The first-order valence-corrected chi connectivity index (χ1v) is 8.30. The minimum atomic E-state index is 0.371. The third kappa shape index (κ3) is 2.96. The molecule has 116 valence electrons. The van der Waals surface area contributed by atoms with Gasteiger partial charge in [-0.3, -0.25) is 0 Å². The molecule has 0 aromatic heterocycles. The predicted molar refractivity (Wildman–Crippen MR) is 90.0 cm³/mol. The second-order valence-corrected chi connectivity index (χ2v) is 6.20. The molecule has 0 saturated carbocycles. The molecule has 0 fully saturated rings. The summed E-state index contributed by atoms with van der Waals surface area (Å²) in [6.45, 7) is 4.26. The maximum absolute atomic E-state index is 9.98. The van der Waals surface area contributed by atoms with Crippen molar-refractivity contribution < 1.29 is 9.84 Å². The SMILES string of the molecule is CCCCc1cc(Oc2c(C)ccc3c2CCC3)ccc1O. The molecule has 22 heavy (non-hydrogen) atoms. The van der Waals surface area contributed by atoms with Crippen molar-refractivity contribution in [2.45, 2.75) is 52.4 Å². The zero-order chi connectivity index (χ0) is 15.5. The molecule has 0 spiro atoms. The van der Waals surface area contributed by atoms with Crippen molar-refractivity contribution >= 4 is 0 Å². The van der Waals surface area contributed by atoms with Crippen LogP contribution >= 0.6 is 0 Å². The number of hydrogen-bond acceptors (Lipinski definition) is 2. The maximum Gasteiger partial charge on any atom is 0.133 e. The van der Waals surface area contributed by atoms with Gasteiger partial charge in [0.25, 0.3) is 0 Å². The van der Waals surface area contributed by atoms with E-state index < -0.39 is 0 Å². The zero-order valence-corrected chi connectivity index (χ0v) is 13.5. The molecule has 3 rings (SSSR count). The Balaban J connectivity index is 1.89. The van der Waals surface area contributed by atoms with E-state index in [9.17, 15) is 5.11 Å². The van der Waals surface area contributed by atoms with E-state index >= 15 is 0 Å². The van der Waals surface area contributed by atoms with Gasteiger partial charge >= 0.3 is 0 Å². The molecule has 1 N–H and O–H groups in total. The molecule has 0 aliphatic heterocycles. The quantitative estimate of drug-likeness (QED) is 0.808. The highest BCUT2D eigenvalue weighted by molar-refractivity contribution is 5.51. The molecule has 2 heteroatoms. The fourth-order valence-corrected chi connectivity index (χ4v) is 3.20. The fraction of sp³-hybridized carbons (Fsp3) is 0.400. The van der Waals surface area contributed by atoms with E-state index in [-0.39, 0.29) is 0 Å². The lowest BCUT2D eigenvalue weighted by atomic mass is 10.0. The summed E-state index contributed by atoms with van der Waals surface area (Å²) in [6.07, 6.45) is 6.57. The minimum absolute atomic E-state index is 0.371. The number of hydrogen-bond donors (Lipinski definition) is 1. The zero-order valence-electron chi connectivity index (χ0n) is 13.5. The van der Waals surface area contributed by atoms with Crippen molar-refractivity contribution in [1.29, 1.82) is 0 Å². The van der Waals surface area contributed by atoms with Crippen LogP contribution in [0.4, 0.5) is 0 Å². The Hall–Kier alpha value is -1.96. The van der Waals surface area contributed by atoms with Crippen molar-refractivity contribution in [3.8, 4) is 17.2 Å². The van der Waals surface area contributed by atoms with Crippen LogP contribution in [0.1, 0.15) is 48.4 Å². The monoisotopic (exact) mass is 296 g/mol. The van der Waals surface area contributed by atoms with Crippen LogP contribution in [-0.4, -0.2) is 5.11 Å². The molecule has 0 saturated heterocycles. The summed E-state index contributed by atoms with van der Waals surface area (Å²) >= 11 is 0. The molecule has 0 bridgehead atoms. The fourth-order valence-electron chi connectivity index (χ4n) is 3.20. The van der Waals surface area contributed by atoms with E-state index in [0.717, 1.165) is 49.2 Å². The van der Waals surface area contributed by atoms with E-state index in [2.05, 4.69) is 26.0 Å². The van der Waals surface area contributed by atoms with Crippen molar-refractivity contribution in [1.82, 2.24) is 0 Å². The summed E-state index contributed by atoms with van der Waals surface area (Å²) in [5, 5.41) is 9.98. The molecule has 0 heterocycles. The Morgan fingerprint density at radius 1 is 1.14 bits per heavy atom. The highest BCUT2D eigenvalue weighted by Gasteiger charge is 2.18. The first kappa shape index (κ1) is 15.0. The summed E-state index contributed by atoms with van der Waals surface area (Å²) in [6, 6.07) is 9.97. The van der Waals surface area contributed by atoms with Gasteiger partial charge in [-0.1, -0.05) is 25.5 Å². The molecule has 0 unspecified atom stereocenters. The number of aromatic hydroxyl groups is 1. The van der Waals surface area contributed by atoms with Crippen LogP contribution in [0.25, 0.3) is 0 Å². The van der Waals surface area contributed by atoms with Gasteiger partial charge in [-0.05, 0) is 79.5 Å². The average molecular weight is 296 g/mol. The van der Waals surface area contributed by atoms with Crippen LogP contribution in [0, 0.1) is 6.92 Å². The number of phenolic OH excluding ortho intramolecular Hbond substituents is 1. The molecule has 2 nitrogen and oxygen atoms in total. The molecule has 2 aromatic rings. The molecule has 1 aliphatic rings. The molecule has 0 atom stereocenters. The van der Waals surface area contributed by atoms with Crippen LogP contribution in [0.15, 0.2) is 30.3 Å². The van der Waals surface area contributed by atoms with Crippen molar-refractivity contribution in [3.05, 3.63) is 52.6 Å². The van der Waals surface area contributed by atoms with Crippen LogP contribution in [0.3, 0.4) is 0 Å². The normalized spacial score (nSPS) is 13.2. The topological polar surface area (TPSA) is 29.5 Å². The first-order chi connectivity index (χ1) is 10.7. The lowest BCUT2D eigenvalue weighted by Gasteiger charge is -2.15. The number of ether oxygens (including phenoxy) is 1. The molecule has 0 radical (unpaired) electrons. The van der Waals surface area contributed by atoms with Crippen LogP contribution in [0.5, 0.6) is 17.2 Å². The number of fused-ring (bicyclic) bond motifs is 1. The van der Waals surface area contributed by atoms with Gasteiger partial charge < -0.3 is 9.84 Å². The first-order valence-electron chi connectivity index (χ1n) is 8.30. The summed E-state index contributed by atoms with van der Waals surface area (Å²) in [5.41, 5.74) is 4.95. The molecular formula is C20H24O2. The van der Waals surface area contributed by atoms with Gasteiger partial charge in [-0.15, -0.1) is 0 Å². The van der Waals surface area contributed by atoms with Crippen LogP contribution < -0.4 is 4.74 Å². The predicted octanol–water partition coefficient (Wildman–Crippen LogP) is 5.32. The second-order valence-electron chi connectivity index (χ2n) is 6.20. The summed E-state index contributed by atoms with van der Waals surface area (Å²) < 4.78 is 6.22. The molecule has 1 aliphatic carbocycles. The summed E-state index contributed by atoms with van der Waals surface area (Å²) in [4.78, 5) is 0. The third-order valence-corrected chi connectivity index (χ3v) is 4.50. The van der Waals surface area contributed by atoms with Gasteiger partial charge in [0, 0.05) is 0 Å². The van der Waals surface area contributed by atoms with Gasteiger partial charge in [-0.2, -0.15) is 0 Å². The lowest BCUT2D eigenvalue weighted by Crippen LogP contribution is -1.95. The Morgan fingerprint density at radius 2 is 2.00 bits per heavy atom. The summed E-state index contributed by atoms with van der Waals surface area (Å²) in [5.74, 6) is 2.21. The molecule has 0 amide bonds. The number of phenols is 1. The van der Waals surface area contributed by atoms with Gasteiger partial charge in [0.1, 0.15) is 17.2 Å². The van der Waals surface area contributed by atoms with Crippen LogP contribution in [-0.2, 0) is 19.3 Å². The average Bonchev–Trinajstić information content (AvgIpc) is 2.99. The summed E-state index contributed by atoms with van der Waals surface area (Å²) in [7, 11) is 0. The van der Waals surface area contributed by atoms with E-state index in [0.29, 0.717) is 5.75 Å². The Bertz CT molecular complexity index is 674. The Labute approximate surface area is 132 Å². The number of unbranched alkanes of at least 4 members (excludes halogenated alkanes) is 1. The molecular weight excluding hydrogens is 272 g/mol. The van der Waals surface area contributed by atoms with Crippen molar-refractivity contribution in [3.63, 3.8) is 0 Å². The van der Waals surface area contributed by atoms with E-state index in [4.69, 9.17) is 4.74 Å². The van der Waals surface area contributed by atoms with Crippen LogP contribution in [0.2, 0.25) is 0 Å². The number of benzene rings is 2. The third-order valence-electron chi connectivity index (χ3n) is 4.50. The smallest absolute Gasteiger partial charge is 0.133 e. The van der Waals surface area contributed by atoms with E-state index in [1.165, 1.54) is 23.1 Å². The van der Waals surface area contributed by atoms with Gasteiger partial charge in [0.2, 0.25) is 0 Å². The number of aryl methyl sites for hydroxylation is 3. The van der Waals surface area contributed by atoms with Crippen molar-refractivity contribution in [2.75, 3.05) is 0 Å². The molecule has 2 aromatic carbocycles. The lowest BCUT2D eigenvalue weighted by molar-refractivity contribution is 0.453. The highest BCUT2D eigenvalue weighted by atomic mass is 16.5. The standard InChI is InChI=1S/C20H24O2/c1-3-4-6-16-13-17(11-12-19(16)21)22-20-14(2)9-10-15-7-5-8-18(15)20/h9-13,21H,3-8H2,1-2H3. The Kier molecular flexibility index (Phi) is 4.37.